The van der Waals surface area contributed by atoms with Gasteiger partial charge in [0, 0.05) is 10.0 Å². The van der Waals surface area contributed by atoms with Crippen LogP contribution in [0.2, 0.25) is 0 Å². The number of carbonyl (C=O) groups excluding carboxylic acids is 2. The zero-order valence-corrected chi connectivity index (χ0v) is 14.8. The standard InChI is InChI=1S/C18H15BrN2O4/c19-12-6-14-13(24-8-25-14)5-11(12)7-20-21-17(22)15-9-1-2-10(4-3-9)16(15)18(21)23/h1-2,5-7,9-10,15-16H,3-4,8H2/b20-7-/t9-,10+,15-,16-/m0/s1. The van der Waals surface area contributed by atoms with E-state index in [2.05, 4.69) is 33.2 Å². The Labute approximate surface area is 152 Å². The molecule has 2 amide bonds. The van der Waals surface area contributed by atoms with E-state index in [0.717, 1.165) is 27.9 Å². The van der Waals surface area contributed by atoms with Crippen LogP contribution in [0.3, 0.4) is 0 Å². The summed E-state index contributed by atoms with van der Waals surface area (Å²) in [6, 6.07) is 3.57. The minimum atomic E-state index is -0.242. The predicted molar refractivity (Wildman–Crippen MR) is 92.0 cm³/mol. The molecule has 4 atom stereocenters. The van der Waals surface area contributed by atoms with Gasteiger partial charge in [-0.05, 0) is 52.7 Å². The van der Waals surface area contributed by atoms with Crippen LogP contribution < -0.4 is 9.47 Å². The monoisotopic (exact) mass is 402 g/mol. The van der Waals surface area contributed by atoms with E-state index in [1.165, 1.54) is 6.21 Å². The highest BCUT2D eigenvalue weighted by atomic mass is 79.9. The molecule has 1 saturated carbocycles. The molecule has 128 valence electrons. The Hall–Kier alpha value is -2.15. The summed E-state index contributed by atoms with van der Waals surface area (Å²) in [6.07, 6.45) is 7.68. The van der Waals surface area contributed by atoms with Gasteiger partial charge in [-0.25, -0.2) is 0 Å². The SMILES string of the molecule is O=C1[C@@H]2[C@@H](C(=O)N1/N=C\c1cc3c(cc1Br)OCO3)[C@H]1C=C[C@@H]2CC1. The number of fused-ring (bicyclic) bond motifs is 2. The van der Waals surface area contributed by atoms with Crippen molar-refractivity contribution in [2.45, 2.75) is 12.8 Å². The molecule has 1 saturated heterocycles. The highest BCUT2D eigenvalue weighted by molar-refractivity contribution is 9.10. The summed E-state index contributed by atoms with van der Waals surface area (Å²) in [5, 5.41) is 5.28. The Bertz CT molecular complexity index is 818. The van der Waals surface area contributed by atoms with Crippen LogP contribution in [0.25, 0.3) is 0 Å². The molecule has 2 fully saturated rings. The first-order chi connectivity index (χ1) is 12.1. The van der Waals surface area contributed by atoms with Gasteiger partial charge in [0.15, 0.2) is 11.5 Å². The Kier molecular flexibility index (Phi) is 3.28. The average Bonchev–Trinajstić information content (AvgIpc) is 3.18. The Balaban J connectivity index is 1.44. The van der Waals surface area contributed by atoms with Crippen molar-refractivity contribution in [2.75, 3.05) is 6.79 Å². The molecule has 6 rings (SSSR count). The van der Waals surface area contributed by atoms with E-state index in [9.17, 15) is 9.59 Å². The largest absolute Gasteiger partial charge is 0.454 e. The fourth-order valence-electron chi connectivity index (χ4n) is 4.32. The molecule has 6 nitrogen and oxygen atoms in total. The summed E-state index contributed by atoms with van der Waals surface area (Å²) in [6.45, 7) is 0.185. The third kappa shape index (κ3) is 2.18. The van der Waals surface area contributed by atoms with Gasteiger partial charge in [-0.2, -0.15) is 10.1 Å². The minimum absolute atomic E-state index is 0.170. The summed E-state index contributed by atoms with van der Waals surface area (Å²) >= 11 is 3.45. The van der Waals surface area contributed by atoms with Gasteiger partial charge in [0.1, 0.15) is 0 Å². The summed E-state index contributed by atoms with van der Waals surface area (Å²) in [4.78, 5) is 25.5. The van der Waals surface area contributed by atoms with Crippen molar-refractivity contribution in [3.05, 3.63) is 34.3 Å². The molecule has 0 N–H and O–H groups in total. The normalized spacial score (nSPS) is 32.1. The van der Waals surface area contributed by atoms with Crippen molar-refractivity contribution in [3.8, 4) is 11.5 Å². The second-order valence-corrected chi connectivity index (χ2v) is 7.66. The van der Waals surface area contributed by atoms with E-state index in [-0.39, 0.29) is 42.3 Å². The third-order valence-electron chi connectivity index (χ3n) is 5.54. The van der Waals surface area contributed by atoms with E-state index in [0.29, 0.717) is 11.5 Å². The van der Waals surface area contributed by atoms with E-state index in [1.54, 1.807) is 12.1 Å². The second kappa shape index (κ2) is 5.42. The maximum atomic E-state index is 12.7. The fraction of sp³-hybridized carbons (Fsp3) is 0.389. The number of nitrogens with zero attached hydrogens (tertiary/aromatic N) is 2. The van der Waals surface area contributed by atoms with Crippen LogP contribution in [0.1, 0.15) is 18.4 Å². The lowest BCUT2D eigenvalue weighted by molar-refractivity contribution is -0.140. The lowest BCUT2D eigenvalue weighted by Crippen LogP contribution is -2.38. The fourth-order valence-corrected chi connectivity index (χ4v) is 4.75. The van der Waals surface area contributed by atoms with Gasteiger partial charge >= 0.3 is 0 Å². The molecule has 2 bridgehead atoms. The van der Waals surface area contributed by atoms with Crippen LogP contribution in [0, 0.1) is 23.7 Å². The number of hydrazone groups is 1. The lowest BCUT2D eigenvalue weighted by atomic mass is 9.63. The van der Waals surface area contributed by atoms with Crippen molar-refractivity contribution < 1.29 is 19.1 Å². The number of amides is 2. The maximum Gasteiger partial charge on any atom is 0.254 e. The molecular weight excluding hydrogens is 388 g/mol. The van der Waals surface area contributed by atoms with Crippen molar-refractivity contribution in [1.29, 1.82) is 0 Å². The lowest BCUT2D eigenvalue weighted by Gasteiger charge is -2.37. The predicted octanol–water partition coefficient (Wildman–Crippen LogP) is 2.71. The topological polar surface area (TPSA) is 68.2 Å². The Morgan fingerprint density at radius 1 is 1.04 bits per heavy atom. The summed E-state index contributed by atoms with van der Waals surface area (Å²) < 4.78 is 11.4. The van der Waals surface area contributed by atoms with E-state index >= 15 is 0 Å². The van der Waals surface area contributed by atoms with Crippen LogP contribution in [0.15, 0.2) is 33.9 Å². The van der Waals surface area contributed by atoms with Crippen molar-refractivity contribution >= 4 is 34.0 Å². The zero-order valence-electron chi connectivity index (χ0n) is 13.2. The highest BCUT2D eigenvalue weighted by Gasteiger charge is 2.56. The number of allylic oxidation sites excluding steroid dienone is 2. The molecule has 3 aliphatic carbocycles. The molecule has 7 heteroatoms. The number of carbonyl (C=O) groups is 2. The van der Waals surface area contributed by atoms with Crippen LogP contribution >= 0.6 is 15.9 Å². The van der Waals surface area contributed by atoms with Crippen molar-refractivity contribution in [3.63, 3.8) is 0 Å². The van der Waals surface area contributed by atoms with Gasteiger partial charge in [0.25, 0.3) is 11.8 Å². The molecule has 0 unspecified atom stereocenters. The first-order valence-electron chi connectivity index (χ1n) is 8.33. The van der Waals surface area contributed by atoms with E-state index < -0.39 is 0 Å². The first-order valence-corrected chi connectivity index (χ1v) is 9.12. The summed E-state index contributed by atoms with van der Waals surface area (Å²) in [7, 11) is 0. The van der Waals surface area contributed by atoms with Gasteiger partial charge in [-0.15, -0.1) is 0 Å². The van der Waals surface area contributed by atoms with Crippen LogP contribution in [-0.4, -0.2) is 29.8 Å². The van der Waals surface area contributed by atoms with Gasteiger partial charge in [-0.1, -0.05) is 12.2 Å². The molecule has 5 aliphatic rings. The maximum absolute atomic E-state index is 12.7. The quantitative estimate of drug-likeness (QED) is 0.433. The van der Waals surface area contributed by atoms with Gasteiger partial charge in [0.05, 0.1) is 18.1 Å². The molecule has 0 spiro atoms. The van der Waals surface area contributed by atoms with Gasteiger partial charge in [0.2, 0.25) is 6.79 Å². The molecule has 25 heavy (non-hydrogen) atoms. The molecule has 2 heterocycles. The minimum Gasteiger partial charge on any atom is -0.454 e. The van der Waals surface area contributed by atoms with Crippen molar-refractivity contribution in [1.82, 2.24) is 5.01 Å². The zero-order chi connectivity index (χ0) is 17.1. The van der Waals surface area contributed by atoms with Crippen molar-refractivity contribution in [2.24, 2.45) is 28.8 Å². The number of hydrogen-bond acceptors (Lipinski definition) is 5. The number of halogens is 1. The molecule has 1 aromatic rings. The Morgan fingerprint density at radius 3 is 2.24 bits per heavy atom. The second-order valence-electron chi connectivity index (χ2n) is 6.80. The van der Waals surface area contributed by atoms with Crippen LogP contribution in [-0.2, 0) is 9.59 Å². The summed E-state index contributed by atoms with van der Waals surface area (Å²) in [5.41, 5.74) is 0.723. The first kappa shape index (κ1) is 15.1. The van der Waals surface area contributed by atoms with E-state index in [4.69, 9.17) is 9.47 Å². The van der Waals surface area contributed by atoms with Gasteiger partial charge in [-0.3, -0.25) is 9.59 Å². The van der Waals surface area contributed by atoms with Gasteiger partial charge < -0.3 is 9.47 Å². The molecule has 2 aliphatic heterocycles. The molecule has 0 radical (unpaired) electrons. The van der Waals surface area contributed by atoms with E-state index in [1.807, 2.05) is 0 Å². The third-order valence-corrected chi connectivity index (χ3v) is 6.23. The highest BCUT2D eigenvalue weighted by Crippen LogP contribution is 2.49. The number of hydrogen-bond donors (Lipinski definition) is 0. The Morgan fingerprint density at radius 2 is 1.64 bits per heavy atom. The number of imide groups is 1. The molecule has 1 aromatic carbocycles. The van der Waals surface area contributed by atoms with Crippen LogP contribution in [0.4, 0.5) is 0 Å². The molecular formula is C18H15BrN2O4. The number of ether oxygens (including phenoxy) is 2. The number of rotatable bonds is 2. The number of benzene rings is 1. The molecule has 0 aromatic heterocycles. The average molecular weight is 403 g/mol. The summed E-state index contributed by atoms with van der Waals surface area (Å²) in [5.74, 6) is 0.782. The van der Waals surface area contributed by atoms with Crippen LogP contribution in [0.5, 0.6) is 11.5 Å². The smallest absolute Gasteiger partial charge is 0.254 e.